The number of nitro benzene ring substituents is 1. The lowest BCUT2D eigenvalue weighted by Crippen LogP contribution is -2.04. The maximum atomic E-state index is 10.7. The highest BCUT2D eigenvalue weighted by Crippen LogP contribution is 2.24. The lowest BCUT2D eigenvalue weighted by Gasteiger charge is -2.05. The zero-order valence-electron chi connectivity index (χ0n) is 11.4. The Morgan fingerprint density at radius 2 is 2.05 bits per heavy atom. The van der Waals surface area contributed by atoms with Crippen LogP contribution in [0.3, 0.4) is 0 Å². The summed E-state index contributed by atoms with van der Waals surface area (Å²) < 4.78 is 6.94. The van der Waals surface area contributed by atoms with E-state index in [1.54, 1.807) is 28.9 Å². The number of nitro groups is 1. The Labute approximate surface area is 124 Å². The average Bonchev–Trinajstić information content (AvgIpc) is 3.16. The zero-order valence-corrected chi connectivity index (χ0v) is 11.4. The quantitative estimate of drug-likeness (QED) is 0.570. The first-order valence-electron chi connectivity index (χ1n) is 6.49. The van der Waals surface area contributed by atoms with E-state index in [4.69, 9.17) is 4.42 Å². The van der Waals surface area contributed by atoms with E-state index in [1.165, 1.54) is 18.4 Å². The minimum atomic E-state index is -0.447. The van der Waals surface area contributed by atoms with Gasteiger partial charge in [-0.05, 0) is 17.7 Å². The molecule has 0 amide bonds. The van der Waals surface area contributed by atoms with Crippen molar-refractivity contribution in [3.63, 3.8) is 0 Å². The van der Waals surface area contributed by atoms with E-state index in [2.05, 4.69) is 10.3 Å². The van der Waals surface area contributed by atoms with Gasteiger partial charge in [0.1, 0.15) is 11.4 Å². The molecular formula is C14H12N4O4. The van der Waals surface area contributed by atoms with Crippen molar-refractivity contribution in [3.05, 3.63) is 64.0 Å². The van der Waals surface area contributed by atoms with E-state index in [0.29, 0.717) is 23.7 Å². The maximum absolute atomic E-state index is 10.7. The van der Waals surface area contributed by atoms with E-state index in [9.17, 15) is 15.2 Å². The molecule has 0 saturated heterocycles. The summed E-state index contributed by atoms with van der Waals surface area (Å²) in [5.41, 5.74) is 1.86. The molecular weight excluding hydrogens is 288 g/mol. The molecule has 2 heterocycles. The standard InChI is InChI=1S/C14H12N4O4/c19-9-12-14(13-2-1-7-22-13)17(16-15-12)8-10-3-5-11(6-4-10)18(20)21/h1-7,19H,8-9H2. The Kier molecular flexibility index (Phi) is 3.67. The van der Waals surface area contributed by atoms with Crippen LogP contribution in [0.15, 0.2) is 47.1 Å². The predicted octanol–water partition coefficient (Wildman–Crippen LogP) is 1.99. The first-order valence-corrected chi connectivity index (χ1v) is 6.49. The molecule has 0 aliphatic heterocycles. The maximum Gasteiger partial charge on any atom is 0.269 e. The molecule has 0 spiro atoms. The summed E-state index contributed by atoms with van der Waals surface area (Å²) in [5.74, 6) is 0.552. The van der Waals surface area contributed by atoms with Gasteiger partial charge in [0.05, 0.1) is 24.3 Å². The van der Waals surface area contributed by atoms with Crippen LogP contribution in [0.5, 0.6) is 0 Å². The van der Waals surface area contributed by atoms with Gasteiger partial charge in [-0.3, -0.25) is 10.1 Å². The second kappa shape index (κ2) is 5.78. The molecule has 8 heteroatoms. The van der Waals surface area contributed by atoms with Gasteiger partial charge in [0.2, 0.25) is 0 Å². The Balaban J connectivity index is 1.92. The molecule has 2 aromatic heterocycles. The largest absolute Gasteiger partial charge is 0.463 e. The number of hydrogen-bond donors (Lipinski definition) is 1. The molecule has 0 radical (unpaired) electrons. The molecule has 0 saturated carbocycles. The van der Waals surface area contributed by atoms with Gasteiger partial charge in [-0.1, -0.05) is 17.3 Å². The summed E-state index contributed by atoms with van der Waals surface area (Å²) >= 11 is 0. The van der Waals surface area contributed by atoms with Crippen LogP contribution in [-0.2, 0) is 13.2 Å². The SMILES string of the molecule is O=[N+]([O-])c1ccc(Cn2nnc(CO)c2-c2ccco2)cc1. The van der Waals surface area contributed by atoms with Gasteiger partial charge in [-0.2, -0.15) is 0 Å². The Bertz CT molecular complexity index is 778. The van der Waals surface area contributed by atoms with Crippen molar-refractivity contribution in [2.24, 2.45) is 0 Å². The van der Waals surface area contributed by atoms with Crippen LogP contribution in [0, 0.1) is 10.1 Å². The monoisotopic (exact) mass is 300 g/mol. The lowest BCUT2D eigenvalue weighted by molar-refractivity contribution is -0.384. The number of hydrogen-bond acceptors (Lipinski definition) is 6. The van der Waals surface area contributed by atoms with Gasteiger partial charge >= 0.3 is 0 Å². The van der Waals surface area contributed by atoms with Crippen LogP contribution < -0.4 is 0 Å². The van der Waals surface area contributed by atoms with E-state index in [1.807, 2.05) is 0 Å². The van der Waals surface area contributed by atoms with Crippen LogP contribution in [0.1, 0.15) is 11.3 Å². The minimum absolute atomic E-state index is 0.0321. The van der Waals surface area contributed by atoms with Crippen LogP contribution in [0.4, 0.5) is 5.69 Å². The molecule has 8 nitrogen and oxygen atoms in total. The highest BCUT2D eigenvalue weighted by atomic mass is 16.6. The molecule has 0 aliphatic rings. The molecule has 22 heavy (non-hydrogen) atoms. The van der Waals surface area contributed by atoms with Gasteiger partial charge < -0.3 is 9.52 Å². The molecule has 0 fully saturated rings. The summed E-state index contributed by atoms with van der Waals surface area (Å²) in [6.07, 6.45) is 1.53. The zero-order chi connectivity index (χ0) is 15.5. The molecule has 3 aromatic rings. The van der Waals surface area contributed by atoms with Crippen LogP contribution >= 0.6 is 0 Å². The Hall–Kier alpha value is -3.00. The van der Waals surface area contributed by atoms with Crippen molar-refractivity contribution in [3.8, 4) is 11.5 Å². The van der Waals surface area contributed by atoms with Crippen molar-refractivity contribution in [1.29, 1.82) is 0 Å². The van der Waals surface area contributed by atoms with Crippen LogP contribution in [0.2, 0.25) is 0 Å². The fraction of sp³-hybridized carbons (Fsp3) is 0.143. The number of benzene rings is 1. The third-order valence-corrected chi connectivity index (χ3v) is 3.19. The number of nitrogens with zero attached hydrogens (tertiary/aromatic N) is 4. The van der Waals surface area contributed by atoms with Crippen molar-refractivity contribution in [2.75, 3.05) is 0 Å². The van der Waals surface area contributed by atoms with E-state index in [-0.39, 0.29) is 12.3 Å². The summed E-state index contributed by atoms with van der Waals surface area (Å²) in [7, 11) is 0. The second-order valence-corrected chi connectivity index (χ2v) is 4.60. The van der Waals surface area contributed by atoms with E-state index >= 15 is 0 Å². The Morgan fingerprint density at radius 3 is 2.64 bits per heavy atom. The number of aliphatic hydroxyl groups is 1. The molecule has 0 atom stereocenters. The van der Waals surface area contributed by atoms with Crippen molar-refractivity contribution < 1.29 is 14.4 Å². The number of aliphatic hydroxyl groups excluding tert-OH is 1. The molecule has 0 aliphatic carbocycles. The van der Waals surface area contributed by atoms with Gasteiger partial charge in [-0.25, -0.2) is 4.68 Å². The molecule has 1 N–H and O–H groups in total. The topological polar surface area (TPSA) is 107 Å². The second-order valence-electron chi connectivity index (χ2n) is 4.60. The smallest absolute Gasteiger partial charge is 0.269 e. The van der Waals surface area contributed by atoms with Crippen LogP contribution in [0.25, 0.3) is 11.5 Å². The number of aromatic nitrogens is 3. The normalized spacial score (nSPS) is 10.8. The number of non-ortho nitro benzene ring substituents is 1. The first kappa shape index (κ1) is 14.0. The third kappa shape index (κ3) is 2.59. The summed E-state index contributed by atoms with van der Waals surface area (Å²) in [6, 6.07) is 9.68. The van der Waals surface area contributed by atoms with Gasteiger partial charge in [0.25, 0.3) is 5.69 Å². The summed E-state index contributed by atoms with van der Waals surface area (Å²) in [4.78, 5) is 10.2. The molecule has 0 bridgehead atoms. The fourth-order valence-electron chi connectivity index (χ4n) is 2.14. The van der Waals surface area contributed by atoms with Crippen LogP contribution in [-0.4, -0.2) is 25.0 Å². The lowest BCUT2D eigenvalue weighted by atomic mass is 10.2. The first-order chi connectivity index (χ1) is 10.7. The van der Waals surface area contributed by atoms with Gasteiger partial charge in [-0.15, -0.1) is 5.10 Å². The van der Waals surface area contributed by atoms with Crippen molar-refractivity contribution in [2.45, 2.75) is 13.2 Å². The molecule has 1 aromatic carbocycles. The summed E-state index contributed by atoms with van der Waals surface area (Å²) in [6.45, 7) is 0.108. The fourth-order valence-corrected chi connectivity index (χ4v) is 2.14. The predicted molar refractivity (Wildman–Crippen MR) is 75.8 cm³/mol. The third-order valence-electron chi connectivity index (χ3n) is 3.19. The van der Waals surface area contributed by atoms with E-state index < -0.39 is 4.92 Å². The highest BCUT2D eigenvalue weighted by molar-refractivity contribution is 5.55. The minimum Gasteiger partial charge on any atom is -0.463 e. The Morgan fingerprint density at radius 1 is 1.27 bits per heavy atom. The summed E-state index contributed by atoms with van der Waals surface area (Å²) in [5, 5.41) is 28.0. The molecule has 112 valence electrons. The van der Waals surface area contributed by atoms with Crippen molar-refractivity contribution in [1.82, 2.24) is 15.0 Å². The molecule has 3 rings (SSSR count). The number of furan rings is 1. The van der Waals surface area contributed by atoms with Gasteiger partial charge in [0, 0.05) is 12.1 Å². The van der Waals surface area contributed by atoms with Crippen molar-refractivity contribution >= 4 is 5.69 Å². The highest BCUT2D eigenvalue weighted by Gasteiger charge is 2.17. The number of rotatable bonds is 5. The average molecular weight is 300 g/mol. The van der Waals surface area contributed by atoms with E-state index in [0.717, 1.165) is 5.56 Å². The van der Waals surface area contributed by atoms with Gasteiger partial charge in [0.15, 0.2) is 5.76 Å². The molecule has 0 unspecified atom stereocenters.